The Bertz CT molecular complexity index is 571. The fourth-order valence-corrected chi connectivity index (χ4v) is 4.69. The van der Waals surface area contributed by atoms with Crippen LogP contribution in [0.3, 0.4) is 0 Å². The van der Waals surface area contributed by atoms with Gasteiger partial charge in [0.25, 0.3) is 0 Å². The van der Waals surface area contributed by atoms with Gasteiger partial charge in [0.2, 0.25) is 0 Å². The maximum atomic E-state index is 12.8. The minimum atomic E-state index is 0.0751. The topological polar surface area (TPSA) is 57.7 Å². The molecule has 0 aromatic carbocycles. The highest BCUT2D eigenvalue weighted by molar-refractivity contribution is 7.11. The van der Waals surface area contributed by atoms with E-state index in [0.717, 1.165) is 69.4 Å². The Labute approximate surface area is 154 Å². The van der Waals surface area contributed by atoms with E-state index in [1.165, 1.54) is 11.3 Å². The number of aryl methyl sites for hydroxylation is 2. The van der Waals surface area contributed by atoms with Gasteiger partial charge < -0.3 is 15.0 Å². The van der Waals surface area contributed by atoms with Gasteiger partial charge in [0.15, 0.2) is 0 Å². The number of amides is 2. The van der Waals surface area contributed by atoms with E-state index >= 15 is 0 Å². The lowest BCUT2D eigenvalue weighted by atomic mass is 10.0. The van der Waals surface area contributed by atoms with Crippen LogP contribution in [0.1, 0.15) is 41.8 Å². The van der Waals surface area contributed by atoms with E-state index in [1.54, 1.807) is 11.3 Å². The van der Waals surface area contributed by atoms with Crippen molar-refractivity contribution in [2.75, 3.05) is 39.4 Å². The number of carbonyl (C=O) groups is 1. The van der Waals surface area contributed by atoms with Gasteiger partial charge in [-0.05, 0) is 32.6 Å². The van der Waals surface area contributed by atoms with Crippen LogP contribution in [-0.2, 0) is 17.7 Å². The molecule has 2 fully saturated rings. The first-order valence-corrected chi connectivity index (χ1v) is 10.3. The van der Waals surface area contributed by atoms with Crippen LogP contribution in [0.4, 0.5) is 4.79 Å². The number of carbonyl (C=O) groups excluding carboxylic acids is 1. The Hall–Kier alpha value is -1.18. The van der Waals surface area contributed by atoms with Gasteiger partial charge in [-0.2, -0.15) is 0 Å². The maximum absolute atomic E-state index is 12.8. The van der Waals surface area contributed by atoms with Gasteiger partial charge in [-0.3, -0.25) is 4.90 Å². The van der Waals surface area contributed by atoms with Crippen LogP contribution in [0.2, 0.25) is 0 Å². The highest BCUT2D eigenvalue weighted by atomic mass is 32.1. The van der Waals surface area contributed by atoms with E-state index in [-0.39, 0.29) is 6.03 Å². The Kier molecular flexibility index (Phi) is 6.67. The summed E-state index contributed by atoms with van der Waals surface area (Å²) in [5, 5.41) is 4.21. The van der Waals surface area contributed by atoms with Crippen molar-refractivity contribution < 1.29 is 9.53 Å². The molecule has 0 spiro atoms. The van der Waals surface area contributed by atoms with Crippen LogP contribution in [0.5, 0.6) is 0 Å². The predicted octanol–water partition coefficient (Wildman–Crippen LogP) is 2.41. The van der Waals surface area contributed by atoms with Gasteiger partial charge >= 0.3 is 6.03 Å². The third-order valence-electron chi connectivity index (χ3n) is 5.08. The summed E-state index contributed by atoms with van der Waals surface area (Å²) in [6, 6.07) is 0.395. The number of rotatable bonds is 5. The van der Waals surface area contributed by atoms with Gasteiger partial charge in [-0.15, -0.1) is 11.3 Å². The summed E-state index contributed by atoms with van der Waals surface area (Å²) < 4.78 is 5.44. The summed E-state index contributed by atoms with van der Waals surface area (Å²) in [5.74, 6) is 0. The normalized spacial score (nSPS) is 22.2. The molecule has 25 heavy (non-hydrogen) atoms. The zero-order valence-electron chi connectivity index (χ0n) is 15.4. The van der Waals surface area contributed by atoms with Gasteiger partial charge in [-0.1, -0.05) is 6.92 Å². The predicted molar refractivity (Wildman–Crippen MR) is 100 cm³/mol. The van der Waals surface area contributed by atoms with Gasteiger partial charge in [0.1, 0.15) is 0 Å². The van der Waals surface area contributed by atoms with Crippen molar-refractivity contribution in [1.29, 1.82) is 0 Å². The van der Waals surface area contributed by atoms with Gasteiger partial charge in [-0.25, -0.2) is 9.78 Å². The largest absolute Gasteiger partial charge is 0.379 e. The second-order valence-corrected chi connectivity index (χ2v) is 8.16. The number of ether oxygens (including phenoxy) is 1. The molecule has 0 saturated carbocycles. The van der Waals surface area contributed by atoms with Crippen molar-refractivity contribution in [1.82, 2.24) is 20.1 Å². The molecule has 0 unspecified atom stereocenters. The Morgan fingerprint density at radius 2 is 2.12 bits per heavy atom. The Balaban J connectivity index is 1.56. The lowest BCUT2D eigenvalue weighted by molar-refractivity contribution is 0.0221. The molecule has 1 aromatic heterocycles. The molecule has 1 aromatic rings. The summed E-state index contributed by atoms with van der Waals surface area (Å²) in [6.45, 7) is 10.1. The van der Waals surface area contributed by atoms with Crippen molar-refractivity contribution in [3.05, 3.63) is 15.6 Å². The Morgan fingerprint density at radius 1 is 1.32 bits per heavy atom. The maximum Gasteiger partial charge on any atom is 0.317 e. The number of piperidine rings is 1. The van der Waals surface area contributed by atoms with E-state index in [2.05, 4.69) is 27.0 Å². The molecule has 2 amide bonds. The minimum Gasteiger partial charge on any atom is -0.379 e. The number of hydrogen-bond donors (Lipinski definition) is 1. The molecule has 0 aliphatic carbocycles. The summed E-state index contributed by atoms with van der Waals surface area (Å²) in [7, 11) is 0. The number of hydrogen-bond acceptors (Lipinski definition) is 5. The lowest BCUT2D eigenvalue weighted by Gasteiger charge is -2.39. The lowest BCUT2D eigenvalue weighted by Crippen LogP contribution is -2.53. The van der Waals surface area contributed by atoms with Crippen molar-refractivity contribution in [2.45, 2.75) is 52.1 Å². The first-order valence-electron chi connectivity index (χ1n) is 9.47. The van der Waals surface area contributed by atoms with E-state index in [1.807, 2.05) is 6.92 Å². The van der Waals surface area contributed by atoms with Crippen molar-refractivity contribution in [3.63, 3.8) is 0 Å². The second-order valence-electron chi connectivity index (χ2n) is 6.87. The fraction of sp³-hybridized carbons (Fsp3) is 0.778. The summed E-state index contributed by atoms with van der Waals surface area (Å²) in [4.78, 5) is 23.0. The number of urea groups is 1. The molecule has 0 radical (unpaired) electrons. The number of thiazole rings is 1. The quantitative estimate of drug-likeness (QED) is 0.869. The van der Waals surface area contributed by atoms with Crippen LogP contribution in [0.15, 0.2) is 0 Å². The second kappa shape index (κ2) is 8.96. The number of likely N-dealkylation sites (tertiary alicyclic amines) is 1. The smallest absolute Gasteiger partial charge is 0.317 e. The summed E-state index contributed by atoms with van der Waals surface area (Å²) in [6.07, 6.45) is 4.34. The van der Waals surface area contributed by atoms with Gasteiger partial charge in [0.05, 0.1) is 30.5 Å². The number of morpholine rings is 1. The summed E-state index contributed by atoms with van der Waals surface area (Å²) >= 11 is 1.69. The molecule has 1 atom stereocenters. The molecule has 0 bridgehead atoms. The highest BCUT2D eigenvalue weighted by Gasteiger charge is 2.28. The third-order valence-corrected chi connectivity index (χ3v) is 6.09. The molecule has 2 aliphatic heterocycles. The number of aromatic nitrogens is 1. The fourth-order valence-electron chi connectivity index (χ4n) is 3.72. The Morgan fingerprint density at radius 3 is 2.88 bits per heavy atom. The average Bonchev–Trinajstić information content (AvgIpc) is 3.01. The molecule has 3 heterocycles. The van der Waals surface area contributed by atoms with Crippen LogP contribution >= 0.6 is 11.3 Å². The highest BCUT2D eigenvalue weighted by Crippen LogP contribution is 2.21. The van der Waals surface area contributed by atoms with Crippen molar-refractivity contribution >= 4 is 17.4 Å². The molecule has 2 saturated heterocycles. The minimum absolute atomic E-state index is 0.0751. The van der Waals surface area contributed by atoms with Gasteiger partial charge in [0, 0.05) is 37.1 Å². The van der Waals surface area contributed by atoms with E-state index in [4.69, 9.17) is 4.74 Å². The molecular formula is C18H30N4O2S. The average molecular weight is 367 g/mol. The van der Waals surface area contributed by atoms with Crippen LogP contribution in [-0.4, -0.2) is 66.2 Å². The first-order chi connectivity index (χ1) is 12.2. The van der Waals surface area contributed by atoms with E-state index < -0.39 is 0 Å². The monoisotopic (exact) mass is 366 g/mol. The molecular weight excluding hydrogens is 336 g/mol. The molecule has 1 N–H and O–H groups in total. The summed E-state index contributed by atoms with van der Waals surface area (Å²) in [5.41, 5.74) is 1.12. The molecule has 3 rings (SSSR count). The SMILES string of the molecule is CCc1nc(C)sc1CNC(=O)N1CCCC[C@H]1CN1CCOCC1. The molecule has 2 aliphatic rings. The zero-order valence-corrected chi connectivity index (χ0v) is 16.2. The van der Waals surface area contributed by atoms with Crippen LogP contribution < -0.4 is 5.32 Å². The van der Waals surface area contributed by atoms with Crippen molar-refractivity contribution in [2.24, 2.45) is 0 Å². The number of nitrogens with one attached hydrogen (secondary N) is 1. The van der Waals surface area contributed by atoms with Crippen LogP contribution in [0.25, 0.3) is 0 Å². The van der Waals surface area contributed by atoms with Crippen molar-refractivity contribution in [3.8, 4) is 0 Å². The van der Waals surface area contributed by atoms with E-state index in [0.29, 0.717) is 12.6 Å². The first kappa shape index (κ1) is 18.6. The molecule has 6 nitrogen and oxygen atoms in total. The van der Waals surface area contributed by atoms with Crippen LogP contribution in [0, 0.1) is 6.92 Å². The van der Waals surface area contributed by atoms with E-state index in [9.17, 15) is 4.79 Å². The third kappa shape index (κ3) is 4.92. The number of nitrogens with zero attached hydrogens (tertiary/aromatic N) is 3. The molecule has 7 heteroatoms. The standard InChI is InChI=1S/C18H30N4O2S/c1-3-16-17(25-14(2)20-16)12-19-18(23)22-7-5-4-6-15(22)13-21-8-10-24-11-9-21/h15H,3-13H2,1-2H3,(H,19,23)/t15-/m0/s1. The molecule has 140 valence electrons. The zero-order chi connectivity index (χ0) is 17.6.